The number of amides is 4. The number of rotatable bonds is 1. The zero-order valence-electron chi connectivity index (χ0n) is 9.79. The molecular formula is C13H9N3O3. The molecule has 94 valence electrons. The van der Waals surface area contributed by atoms with Crippen LogP contribution < -0.4 is 10.2 Å². The summed E-state index contributed by atoms with van der Waals surface area (Å²) < 4.78 is 0. The first kappa shape index (κ1) is 11.3. The molecule has 6 nitrogen and oxygen atoms in total. The largest absolute Gasteiger partial charge is 0.335 e. The monoisotopic (exact) mass is 255 g/mol. The van der Waals surface area contributed by atoms with Crippen molar-refractivity contribution in [1.82, 2.24) is 10.3 Å². The molecule has 0 bridgehead atoms. The molecule has 2 aromatic rings. The number of pyridine rings is 1. The van der Waals surface area contributed by atoms with Crippen LogP contribution >= 0.6 is 0 Å². The molecule has 1 aliphatic heterocycles. The molecule has 3 rings (SSSR count). The summed E-state index contributed by atoms with van der Waals surface area (Å²) in [6, 6.07) is 6.24. The van der Waals surface area contributed by atoms with E-state index in [0.717, 1.165) is 15.7 Å². The van der Waals surface area contributed by atoms with Gasteiger partial charge in [0.2, 0.25) is 11.8 Å². The molecule has 0 unspecified atom stereocenters. The van der Waals surface area contributed by atoms with E-state index >= 15 is 0 Å². The number of nitrogens with zero attached hydrogens (tertiary/aromatic N) is 2. The van der Waals surface area contributed by atoms with Gasteiger partial charge in [0.15, 0.2) is 0 Å². The van der Waals surface area contributed by atoms with E-state index in [1.165, 1.54) is 0 Å². The number of hydrogen-bond donors (Lipinski definition) is 1. The van der Waals surface area contributed by atoms with Crippen molar-refractivity contribution in [3.05, 3.63) is 36.7 Å². The number of carbonyl (C=O) groups is 3. The lowest BCUT2D eigenvalue weighted by Gasteiger charge is -2.25. The zero-order chi connectivity index (χ0) is 13.4. The molecule has 4 amide bonds. The molecule has 0 spiro atoms. The molecule has 19 heavy (non-hydrogen) atoms. The second-order valence-corrected chi connectivity index (χ2v) is 4.13. The Kier molecular flexibility index (Phi) is 2.49. The summed E-state index contributed by atoms with van der Waals surface area (Å²) in [5.74, 6) is -1.11. The van der Waals surface area contributed by atoms with Gasteiger partial charge in [0.1, 0.15) is 6.42 Å². The predicted molar refractivity (Wildman–Crippen MR) is 67.4 cm³/mol. The molecule has 1 aromatic carbocycles. The van der Waals surface area contributed by atoms with Gasteiger partial charge >= 0.3 is 6.03 Å². The van der Waals surface area contributed by atoms with E-state index in [4.69, 9.17) is 0 Å². The van der Waals surface area contributed by atoms with Crippen LogP contribution in [0, 0.1) is 0 Å². The van der Waals surface area contributed by atoms with Crippen molar-refractivity contribution in [3.63, 3.8) is 0 Å². The quantitative estimate of drug-likeness (QED) is 0.777. The van der Waals surface area contributed by atoms with Crippen molar-refractivity contribution in [1.29, 1.82) is 0 Å². The molecule has 2 heterocycles. The highest BCUT2D eigenvalue weighted by Gasteiger charge is 2.32. The number of fused-ring (bicyclic) bond motifs is 1. The average Bonchev–Trinajstić information content (AvgIpc) is 2.38. The summed E-state index contributed by atoms with van der Waals surface area (Å²) in [6.45, 7) is 0. The standard InChI is InChI=1S/C13H9N3O3/c17-11-6-12(18)16(13(19)15-11)10-3-1-2-8-7-14-5-4-9(8)10/h1-5,7H,6H2,(H,15,17,19). The Morgan fingerprint density at radius 1 is 1.16 bits per heavy atom. The fraction of sp³-hybridized carbons (Fsp3) is 0.0769. The Balaban J connectivity index is 2.16. The van der Waals surface area contributed by atoms with Gasteiger partial charge in [0.05, 0.1) is 5.69 Å². The molecule has 0 aliphatic carbocycles. The molecule has 1 N–H and O–H groups in total. The molecule has 1 fully saturated rings. The second-order valence-electron chi connectivity index (χ2n) is 4.13. The van der Waals surface area contributed by atoms with Crippen molar-refractivity contribution in [2.75, 3.05) is 4.90 Å². The Labute approximate surface area is 108 Å². The number of aromatic nitrogens is 1. The lowest BCUT2D eigenvalue weighted by molar-refractivity contribution is -0.128. The van der Waals surface area contributed by atoms with Crippen molar-refractivity contribution in [2.45, 2.75) is 6.42 Å². The highest BCUT2D eigenvalue weighted by Crippen LogP contribution is 2.27. The van der Waals surface area contributed by atoms with E-state index in [0.29, 0.717) is 5.69 Å². The van der Waals surface area contributed by atoms with Gasteiger partial charge in [-0.3, -0.25) is 19.9 Å². The van der Waals surface area contributed by atoms with Gasteiger partial charge in [-0.05, 0) is 12.1 Å². The third-order valence-electron chi connectivity index (χ3n) is 2.91. The third-order valence-corrected chi connectivity index (χ3v) is 2.91. The fourth-order valence-corrected chi connectivity index (χ4v) is 2.09. The van der Waals surface area contributed by atoms with E-state index < -0.39 is 17.8 Å². The minimum absolute atomic E-state index is 0.326. The number of carbonyl (C=O) groups excluding carboxylic acids is 3. The summed E-state index contributed by atoms with van der Waals surface area (Å²) in [5, 5.41) is 3.68. The zero-order valence-corrected chi connectivity index (χ0v) is 9.79. The van der Waals surface area contributed by atoms with E-state index in [1.54, 1.807) is 30.6 Å². The highest BCUT2D eigenvalue weighted by atomic mass is 16.2. The van der Waals surface area contributed by atoms with Crippen LogP contribution in [0.2, 0.25) is 0 Å². The van der Waals surface area contributed by atoms with Gasteiger partial charge in [0.25, 0.3) is 0 Å². The highest BCUT2D eigenvalue weighted by molar-refractivity contribution is 6.28. The topological polar surface area (TPSA) is 79.4 Å². The summed E-state index contributed by atoms with van der Waals surface area (Å²) in [5.41, 5.74) is 0.454. The number of imide groups is 2. The number of hydrogen-bond acceptors (Lipinski definition) is 4. The molecule has 0 radical (unpaired) electrons. The van der Waals surface area contributed by atoms with Crippen LogP contribution in [-0.2, 0) is 9.59 Å². The summed E-state index contributed by atoms with van der Waals surface area (Å²) in [7, 11) is 0. The van der Waals surface area contributed by atoms with Crippen molar-refractivity contribution in [3.8, 4) is 0 Å². The molecular weight excluding hydrogens is 246 g/mol. The van der Waals surface area contributed by atoms with Gasteiger partial charge in [-0.1, -0.05) is 12.1 Å². The molecule has 1 saturated heterocycles. The molecule has 0 saturated carbocycles. The van der Waals surface area contributed by atoms with Gasteiger partial charge in [-0.25, -0.2) is 9.69 Å². The maximum atomic E-state index is 11.9. The van der Waals surface area contributed by atoms with Crippen LogP contribution in [0.5, 0.6) is 0 Å². The second kappa shape index (κ2) is 4.16. The van der Waals surface area contributed by atoms with Gasteiger partial charge in [-0.15, -0.1) is 0 Å². The minimum atomic E-state index is -0.717. The van der Waals surface area contributed by atoms with Gasteiger partial charge in [0, 0.05) is 23.2 Å². The normalized spacial score (nSPS) is 15.8. The average molecular weight is 255 g/mol. The van der Waals surface area contributed by atoms with Crippen LogP contribution in [0.1, 0.15) is 6.42 Å². The summed E-state index contributed by atoms with van der Waals surface area (Å²) in [4.78, 5) is 39.8. The lowest BCUT2D eigenvalue weighted by atomic mass is 10.1. The van der Waals surface area contributed by atoms with E-state index in [9.17, 15) is 14.4 Å². The van der Waals surface area contributed by atoms with Crippen LogP contribution in [0.4, 0.5) is 10.5 Å². The molecule has 1 aliphatic rings. The SMILES string of the molecule is O=C1CC(=O)N(c2cccc3cnccc23)C(=O)N1. The van der Waals surface area contributed by atoms with E-state index in [1.807, 2.05) is 6.07 Å². The van der Waals surface area contributed by atoms with Crippen LogP contribution in [-0.4, -0.2) is 22.8 Å². The Morgan fingerprint density at radius 2 is 2.00 bits per heavy atom. The number of nitrogens with one attached hydrogen (secondary N) is 1. The van der Waals surface area contributed by atoms with Crippen LogP contribution in [0.15, 0.2) is 36.7 Å². The van der Waals surface area contributed by atoms with Crippen molar-refractivity contribution < 1.29 is 14.4 Å². The fourth-order valence-electron chi connectivity index (χ4n) is 2.09. The van der Waals surface area contributed by atoms with Gasteiger partial charge in [-0.2, -0.15) is 0 Å². The third kappa shape index (κ3) is 1.83. The first-order valence-electron chi connectivity index (χ1n) is 5.66. The Hall–Kier alpha value is -2.76. The maximum absolute atomic E-state index is 11.9. The number of urea groups is 1. The van der Waals surface area contributed by atoms with Crippen LogP contribution in [0.25, 0.3) is 10.8 Å². The maximum Gasteiger partial charge on any atom is 0.335 e. The van der Waals surface area contributed by atoms with Crippen molar-refractivity contribution in [2.24, 2.45) is 0 Å². The molecule has 6 heteroatoms. The minimum Gasteiger partial charge on any atom is -0.277 e. The van der Waals surface area contributed by atoms with Crippen LogP contribution in [0.3, 0.4) is 0 Å². The van der Waals surface area contributed by atoms with Gasteiger partial charge < -0.3 is 0 Å². The number of benzene rings is 1. The number of barbiturate groups is 1. The Bertz CT molecular complexity index is 686. The first-order valence-corrected chi connectivity index (χ1v) is 5.66. The molecule has 0 atom stereocenters. The first-order chi connectivity index (χ1) is 9.16. The molecule has 1 aromatic heterocycles. The predicted octanol–water partition coefficient (Wildman–Crippen LogP) is 1.21. The lowest BCUT2D eigenvalue weighted by Crippen LogP contribution is -2.53. The Morgan fingerprint density at radius 3 is 2.79 bits per heavy atom. The van der Waals surface area contributed by atoms with E-state index in [-0.39, 0.29) is 6.42 Å². The van der Waals surface area contributed by atoms with E-state index in [2.05, 4.69) is 10.3 Å². The smallest absolute Gasteiger partial charge is 0.277 e. The number of anilines is 1. The summed E-state index contributed by atoms with van der Waals surface area (Å²) in [6.07, 6.45) is 2.91. The summed E-state index contributed by atoms with van der Waals surface area (Å²) >= 11 is 0. The van der Waals surface area contributed by atoms with Crippen molar-refractivity contribution >= 4 is 34.3 Å².